The van der Waals surface area contributed by atoms with E-state index >= 15 is 0 Å². The lowest BCUT2D eigenvalue weighted by Crippen LogP contribution is -2.39. The van der Waals surface area contributed by atoms with Gasteiger partial charge in [-0.1, -0.05) is 37.3 Å². The Balaban J connectivity index is 1.74. The molecule has 1 atom stereocenters. The molecule has 0 aliphatic carbocycles. The molecule has 4 rings (SSSR count). The quantitative estimate of drug-likeness (QED) is 0.597. The average Bonchev–Trinajstić information content (AvgIpc) is 3.18. The Morgan fingerprint density at radius 1 is 1.13 bits per heavy atom. The van der Waals surface area contributed by atoms with Crippen molar-refractivity contribution in [2.75, 3.05) is 31.6 Å². The van der Waals surface area contributed by atoms with Crippen LogP contribution in [0.1, 0.15) is 39.3 Å². The van der Waals surface area contributed by atoms with Gasteiger partial charge in [0.1, 0.15) is 10.8 Å². The van der Waals surface area contributed by atoms with E-state index in [0.717, 1.165) is 35.6 Å². The summed E-state index contributed by atoms with van der Waals surface area (Å²) in [5.74, 6) is -0.395. The molecular weight excluding hydrogens is 399 g/mol. The Morgan fingerprint density at radius 3 is 2.60 bits per heavy atom. The van der Waals surface area contributed by atoms with E-state index in [9.17, 15) is 9.18 Å². The van der Waals surface area contributed by atoms with E-state index in [2.05, 4.69) is 23.2 Å². The molecule has 1 saturated heterocycles. The van der Waals surface area contributed by atoms with Gasteiger partial charge in [0.25, 0.3) is 5.91 Å². The largest absolute Gasteiger partial charge is 0.379 e. The van der Waals surface area contributed by atoms with Crippen molar-refractivity contribution in [3.05, 3.63) is 88.0 Å². The van der Waals surface area contributed by atoms with Crippen LogP contribution in [0.5, 0.6) is 0 Å². The summed E-state index contributed by atoms with van der Waals surface area (Å²) in [7, 11) is 0. The molecule has 2 heterocycles. The summed E-state index contributed by atoms with van der Waals surface area (Å²) >= 11 is 1.59. The summed E-state index contributed by atoms with van der Waals surface area (Å²) in [6.07, 6.45) is 0.873. The first-order valence-electron chi connectivity index (χ1n) is 10.2. The lowest BCUT2D eigenvalue weighted by molar-refractivity contribution is 0.0241. The standard InChI is InChI=1S/C24H25FN2O2S/c1-2-20-16-21(24(30-20)26-23(28)17-7-4-3-5-8-17)22(27-11-13-29-14-12-27)18-9-6-10-19(25)15-18/h3-10,15-16,22H,2,11-14H2,1H3,(H,26,28). The second-order valence-corrected chi connectivity index (χ2v) is 8.41. The van der Waals surface area contributed by atoms with Gasteiger partial charge in [-0.05, 0) is 42.3 Å². The molecule has 1 aromatic heterocycles. The maximum Gasteiger partial charge on any atom is 0.256 e. The van der Waals surface area contributed by atoms with E-state index in [1.807, 2.05) is 24.3 Å². The molecule has 0 spiro atoms. The van der Waals surface area contributed by atoms with Crippen LogP contribution in [0.25, 0.3) is 0 Å². The molecule has 156 valence electrons. The van der Waals surface area contributed by atoms with E-state index in [0.29, 0.717) is 18.8 Å². The number of thiophene rings is 1. The Hall–Kier alpha value is -2.54. The fraction of sp³-hybridized carbons (Fsp3) is 0.292. The Morgan fingerprint density at radius 2 is 1.90 bits per heavy atom. The predicted octanol–water partition coefficient (Wildman–Crippen LogP) is 5.12. The number of nitrogens with zero attached hydrogens (tertiary/aromatic N) is 1. The zero-order valence-corrected chi connectivity index (χ0v) is 17.8. The normalized spacial score (nSPS) is 15.7. The van der Waals surface area contributed by atoms with E-state index in [1.54, 1.807) is 35.6 Å². The molecule has 1 fully saturated rings. The maximum atomic E-state index is 14.1. The number of rotatable bonds is 6. The van der Waals surface area contributed by atoms with Crippen LogP contribution in [-0.4, -0.2) is 37.1 Å². The summed E-state index contributed by atoms with van der Waals surface area (Å²) in [5, 5.41) is 3.93. The van der Waals surface area contributed by atoms with E-state index in [-0.39, 0.29) is 17.8 Å². The first kappa shape index (κ1) is 20.7. The highest BCUT2D eigenvalue weighted by molar-refractivity contribution is 7.16. The third kappa shape index (κ3) is 4.61. The van der Waals surface area contributed by atoms with Gasteiger partial charge in [-0.15, -0.1) is 11.3 Å². The van der Waals surface area contributed by atoms with Gasteiger partial charge in [-0.25, -0.2) is 4.39 Å². The van der Waals surface area contributed by atoms with Gasteiger partial charge in [-0.2, -0.15) is 0 Å². The number of hydrogen-bond acceptors (Lipinski definition) is 4. The number of amides is 1. The number of halogens is 1. The monoisotopic (exact) mass is 424 g/mol. The van der Waals surface area contributed by atoms with Crippen molar-refractivity contribution in [1.29, 1.82) is 0 Å². The Labute approximate surface area is 180 Å². The van der Waals surface area contributed by atoms with Crippen LogP contribution < -0.4 is 5.32 Å². The molecule has 6 heteroatoms. The minimum atomic E-state index is -0.258. The summed E-state index contributed by atoms with van der Waals surface area (Å²) < 4.78 is 19.6. The summed E-state index contributed by atoms with van der Waals surface area (Å²) in [6.45, 7) is 4.89. The van der Waals surface area contributed by atoms with Gasteiger partial charge in [-0.3, -0.25) is 9.69 Å². The van der Waals surface area contributed by atoms with Crippen LogP contribution in [-0.2, 0) is 11.2 Å². The second-order valence-electron chi connectivity index (χ2n) is 7.28. The van der Waals surface area contributed by atoms with Crippen LogP contribution in [0.2, 0.25) is 0 Å². The van der Waals surface area contributed by atoms with Crippen molar-refractivity contribution in [1.82, 2.24) is 4.90 Å². The minimum Gasteiger partial charge on any atom is -0.379 e. The van der Waals surface area contributed by atoms with Gasteiger partial charge < -0.3 is 10.1 Å². The Bertz CT molecular complexity index is 999. The van der Waals surface area contributed by atoms with Crippen molar-refractivity contribution in [2.45, 2.75) is 19.4 Å². The number of ether oxygens (including phenoxy) is 1. The highest BCUT2D eigenvalue weighted by Crippen LogP contribution is 2.40. The van der Waals surface area contributed by atoms with Crippen LogP contribution in [0.4, 0.5) is 9.39 Å². The molecule has 4 nitrogen and oxygen atoms in total. The maximum absolute atomic E-state index is 14.1. The molecule has 30 heavy (non-hydrogen) atoms. The molecule has 0 saturated carbocycles. The van der Waals surface area contributed by atoms with Crippen molar-refractivity contribution in [2.24, 2.45) is 0 Å². The summed E-state index contributed by atoms with van der Waals surface area (Å²) in [4.78, 5) is 16.3. The molecule has 1 N–H and O–H groups in total. The molecule has 0 bridgehead atoms. The van der Waals surface area contributed by atoms with Crippen LogP contribution in [0.3, 0.4) is 0 Å². The minimum absolute atomic E-state index is 0.138. The number of aryl methyl sites for hydroxylation is 1. The topological polar surface area (TPSA) is 41.6 Å². The molecule has 1 aliphatic heterocycles. The SMILES string of the molecule is CCc1cc(C(c2cccc(F)c2)N2CCOCC2)c(NC(=O)c2ccccc2)s1. The highest BCUT2D eigenvalue weighted by Gasteiger charge is 2.29. The van der Waals surface area contributed by atoms with Crippen LogP contribution in [0.15, 0.2) is 60.7 Å². The van der Waals surface area contributed by atoms with Gasteiger partial charge in [0.05, 0.1) is 19.3 Å². The zero-order valence-electron chi connectivity index (χ0n) is 16.9. The van der Waals surface area contributed by atoms with Gasteiger partial charge in [0, 0.05) is 29.1 Å². The van der Waals surface area contributed by atoms with Crippen molar-refractivity contribution in [3.63, 3.8) is 0 Å². The smallest absolute Gasteiger partial charge is 0.256 e. The number of morpholine rings is 1. The fourth-order valence-electron chi connectivity index (χ4n) is 3.80. The van der Waals surface area contributed by atoms with Crippen LogP contribution >= 0.6 is 11.3 Å². The van der Waals surface area contributed by atoms with Crippen molar-refractivity contribution in [3.8, 4) is 0 Å². The fourth-order valence-corrected chi connectivity index (χ4v) is 4.82. The van der Waals surface area contributed by atoms with Crippen LogP contribution in [0, 0.1) is 5.82 Å². The molecular formula is C24H25FN2O2S. The first-order chi connectivity index (χ1) is 14.7. The molecule has 1 unspecified atom stereocenters. The highest BCUT2D eigenvalue weighted by atomic mass is 32.1. The van der Waals surface area contributed by atoms with Gasteiger partial charge in [0.2, 0.25) is 0 Å². The molecule has 2 aromatic carbocycles. The van der Waals surface area contributed by atoms with Crippen molar-refractivity contribution < 1.29 is 13.9 Å². The number of carbonyl (C=O) groups excluding carboxylic acids is 1. The number of carbonyl (C=O) groups is 1. The third-order valence-electron chi connectivity index (χ3n) is 5.29. The molecule has 1 amide bonds. The number of hydrogen-bond donors (Lipinski definition) is 1. The predicted molar refractivity (Wildman–Crippen MR) is 119 cm³/mol. The third-order valence-corrected chi connectivity index (χ3v) is 6.50. The second kappa shape index (κ2) is 9.51. The van der Waals surface area contributed by atoms with Gasteiger partial charge >= 0.3 is 0 Å². The lowest BCUT2D eigenvalue weighted by Gasteiger charge is -2.35. The number of anilines is 1. The summed E-state index contributed by atoms with van der Waals surface area (Å²) in [5.41, 5.74) is 2.50. The van der Waals surface area contributed by atoms with E-state index < -0.39 is 0 Å². The lowest BCUT2D eigenvalue weighted by atomic mass is 9.97. The van der Waals surface area contributed by atoms with Gasteiger partial charge in [0.15, 0.2) is 0 Å². The Kier molecular flexibility index (Phi) is 6.57. The number of benzene rings is 2. The molecule has 1 aliphatic rings. The number of nitrogens with one attached hydrogen (secondary N) is 1. The first-order valence-corrected chi connectivity index (χ1v) is 11.0. The van der Waals surface area contributed by atoms with E-state index in [1.165, 1.54) is 10.9 Å². The molecule has 3 aromatic rings. The zero-order chi connectivity index (χ0) is 20.9. The van der Waals surface area contributed by atoms with E-state index in [4.69, 9.17) is 4.74 Å². The van der Waals surface area contributed by atoms with Crippen molar-refractivity contribution >= 4 is 22.2 Å². The average molecular weight is 425 g/mol. The summed E-state index contributed by atoms with van der Waals surface area (Å²) in [6, 6.07) is 17.9. The molecule has 0 radical (unpaired) electrons.